The Hall–Kier alpha value is -0.770. The van der Waals surface area contributed by atoms with Crippen molar-refractivity contribution in [1.82, 2.24) is 0 Å². The highest BCUT2D eigenvalue weighted by atomic mass is 35.5. The van der Waals surface area contributed by atoms with E-state index in [-0.39, 0.29) is 18.7 Å². The van der Waals surface area contributed by atoms with Crippen LogP contribution in [-0.2, 0) is 6.42 Å². The Labute approximate surface area is 81.8 Å². The van der Waals surface area contributed by atoms with Crippen LogP contribution in [0.15, 0.2) is 18.2 Å². The predicted molar refractivity (Wildman–Crippen MR) is 51.9 cm³/mol. The first kappa shape index (κ1) is 10.3. The van der Waals surface area contributed by atoms with Gasteiger partial charge in [0.05, 0.1) is 6.10 Å². The molecule has 0 aliphatic heterocycles. The molecule has 4 N–H and O–H groups in total. The first-order valence-corrected chi connectivity index (χ1v) is 4.37. The molecule has 0 amide bonds. The first-order chi connectivity index (χ1) is 6.15. The van der Waals surface area contributed by atoms with Crippen molar-refractivity contribution in [3.63, 3.8) is 0 Å². The standard InChI is InChI=1S/C9H12ClNO2/c10-8-2-1-3-9(13)7(8)4-6(12)5-11/h1-3,6,12-13H,4-5,11H2. The summed E-state index contributed by atoms with van der Waals surface area (Å²) in [6, 6.07) is 4.85. The third-order valence-electron chi connectivity index (χ3n) is 1.81. The quantitative estimate of drug-likeness (QED) is 0.681. The summed E-state index contributed by atoms with van der Waals surface area (Å²) in [5, 5.41) is 19.1. The van der Waals surface area contributed by atoms with E-state index in [4.69, 9.17) is 17.3 Å². The number of aliphatic hydroxyl groups excluding tert-OH is 1. The number of nitrogens with two attached hydrogens (primary N) is 1. The van der Waals surface area contributed by atoms with Gasteiger partial charge in [-0.25, -0.2) is 0 Å². The third-order valence-corrected chi connectivity index (χ3v) is 2.16. The van der Waals surface area contributed by atoms with E-state index < -0.39 is 6.10 Å². The topological polar surface area (TPSA) is 66.5 Å². The lowest BCUT2D eigenvalue weighted by atomic mass is 10.1. The lowest BCUT2D eigenvalue weighted by Crippen LogP contribution is -2.22. The first-order valence-electron chi connectivity index (χ1n) is 3.99. The van der Waals surface area contributed by atoms with Gasteiger partial charge in [-0.05, 0) is 12.1 Å². The lowest BCUT2D eigenvalue weighted by molar-refractivity contribution is 0.182. The molecule has 0 fully saturated rings. The van der Waals surface area contributed by atoms with E-state index in [1.165, 1.54) is 6.07 Å². The Kier molecular flexibility index (Phi) is 3.54. The number of hydrogen-bond acceptors (Lipinski definition) is 3. The molecule has 0 aliphatic carbocycles. The van der Waals surface area contributed by atoms with E-state index in [0.29, 0.717) is 10.6 Å². The summed E-state index contributed by atoms with van der Waals surface area (Å²) in [6.45, 7) is 0.157. The molecular formula is C9H12ClNO2. The molecule has 13 heavy (non-hydrogen) atoms. The molecule has 3 nitrogen and oxygen atoms in total. The van der Waals surface area contributed by atoms with Gasteiger partial charge in [-0.2, -0.15) is 0 Å². The van der Waals surface area contributed by atoms with Crippen molar-refractivity contribution in [1.29, 1.82) is 0 Å². The molecule has 72 valence electrons. The minimum Gasteiger partial charge on any atom is -0.508 e. The maximum atomic E-state index is 9.40. The maximum Gasteiger partial charge on any atom is 0.120 e. The average molecular weight is 202 g/mol. The van der Waals surface area contributed by atoms with Gasteiger partial charge in [-0.3, -0.25) is 0 Å². The second kappa shape index (κ2) is 4.46. The molecule has 4 heteroatoms. The minimum absolute atomic E-state index is 0.0972. The van der Waals surface area contributed by atoms with Crippen molar-refractivity contribution in [3.05, 3.63) is 28.8 Å². The smallest absolute Gasteiger partial charge is 0.120 e. The summed E-state index contributed by atoms with van der Waals surface area (Å²) in [5.74, 6) is 0.0972. The van der Waals surface area contributed by atoms with Crippen LogP contribution in [0.1, 0.15) is 5.56 Å². The highest BCUT2D eigenvalue weighted by Gasteiger charge is 2.10. The fraction of sp³-hybridized carbons (Fsp3) is 0.333. The van der Waals surface area contributed by atoms with E-state index in [1.54, 1.807) is 12.1 Å². The Morgan fingerprint density at radius 2 is 2.15 bits per heavy atom. The van der Waals surface area contributed by atoms with Crippen molar-refractivity contribution in [2.45, 2.75) is 12.5 Å². The van der Waals surface area contributed by atoms with E-state index in [0.717, 1.165) is 0 Å². The van der Waals surface area contributed by atoms with Gasteiger partial charge in [0, 0.05) is 23.6 Å². The van der Waals surface area contributed by atoms with Crippen LogP contribution in [0.2, 0.25) is 5.02 Å². The molecule has 0 spiro atoms. The van der Waals surface area contributed by atoms with Crippen LogP contribution in [0.3, 0.4) is 0 Å². The number of aliphatic hydroxyl groups is 1. The third kappa shape index (κ3) is 2.59. The highest BCUT2D eigenvalue weighted by molar-refractivity contribution is 6.31. The van der Waals surface area contributed by atoms with Crippen molar-refractivity contribution in [2.75, 3.05) is 6.54 Å². The fourth-order valence-corrected chi connectivity index (χ4v) is 1.32. The molecule has 0 aromatic heterocycles. The van der Waals surface area contributed by atoms with E-state index in [1.807, 2.05) is 0 Å². The fourth-order valence-electron chi connectivity index (χ4n) is 1.07. The Balaban J connectivity index is 2.87. The number of phenols is 1. The molecule has 1 aromatic carbocycles. The zero-order valence-electron chi connectivity index (χ0n) is 7.07. The van der Waals surface area contributed by atoms with Gasteiger partial charge in [-0.1, -0.05) is 17.7 Å². The van der Waals surface area contributed by atoms with Gasteiger partial charge >= 0.3 is 0 Å². The normalized spacial score (nSPS) is 12.8. The second-order valence-electron chi connectivity index (χ2n) is 2.83. The predicted octanol–water partition coefficient (Wildman–Crippen LogP) is 0.908. The number of aromatic hydroxyl groups is 1. The summed E-state index contributed by atoms with van der Waals surface area (Å²) in [7, 11) is 0. The highest BCUT2D eigenvalue weighted by Crippen LogP contribution is 2.26. The van der Waals surface area contributed by atoms with Gasteiger partial charge in [0.25, 0.3) is 0 Å². The monoisotopic (exact) mass is 201 g/mol. The van der Waals surface area contributed by atoms with Crippen LogP contribution in [0.5, 0.6) is 5.75 Å². The Morgan fingerprint density at radius 1 is 1.46 bits per heavy atom. The molecule has 1 rings (SSSR count). The molecule has 0 saturated heterocycles. The van der Waals surface area contributed by atoms with E-state index in [9.17, 15) is 10.2 Å². The van der Waals surface area contributed by atoms with Gasteiger partial charge < -0.3 is 15.9 Å². The van der Waals surface area contributed by atoms with Crippen LogP contribution in [0, 0.1) is 0 Å². The molecule has 0 radical (unpaired) electrons. The van der Waals surface area contributed by atoms with Crippen LogP contribution in [0.4, 0.5) is 0 Å². The average Bonchev–Trinajstić information content (AvgIpc) is 2.11. The van der Waals surface area contributed by atoms with Crippen LogP contribution >= 0.6 is 11.6 Å². The summed E-state index contributed by atoms with van der Waals surface area (Å²) in [5.41, 5.74) is 5.79. The molecule has 0 heterocycles. The van der Waals surface area contributed by atoms with E-state index in [2.05, 4.69) is 0 Å². The summed E-state index contributed by atoms with van der Waals surface area (Å²) in [4.78, 5) is 0. The van der Waals surface area contributed by atoms with E-state index >= 15 is 0 Å². The molecule has 1 aromatic rings. The summed E-state index contributed by atoms with van der Waals surface area (Å²) in [6.07, 6.45) is -0.382. The largest absolute Gasteiger partial charge is 0.508 e. The zero-order chi connectivity index (χ0) is 9.84. The van der Waals surface area contributed by atoms with Crippen LogP contribution < -0.4 is 5.73 Å². The van der Waals surface area contributed by atoms with Crippen molar-refractivity contribution < 1.29 is 10.2 Å². The number of hydrogen-bond donors (Lipinski definition) is 3. The van der Waals surface area contributed by atoms with Crippen LogP contribution in [0.25, 0.3) is 0 Å². The SMILES string of the molecule is NCC(O)Cc1c(O)cccc1Cl. The number of halogens is 1. The summed E-state index contributed by atoms with van der Waals surface area (Å²) < 4.78 is 0. The number of phenolic OH excluding ortho intramolecular Hbond substituents is 1. The number of benzene rings is 1. The van der Waals surface area contributed by atoms with Crippen molar-refractivity contribution in [3.8, 4) is 5.75 Å². The molecule has 1 unspecified atom stereocenters. The van der Waals surface area contributed by atoms with Crippen LogP contribution in [-0.4, -0.2) is 22.9 Å². The lowest BCUT2D eigenvalue weighted by Gasteiger charge is -2.10. The molecule has 1 atom stereocenters. The Bertz CT molecular complexity index is 271. The number of rotatable bonds is 3. The van der Waals surface area contributed by atoms with Gasteiger partial charge in [0.1, 0.15) is 5.75 Å². The van der Waals surface area contributed by atoms with Gasteiger partial charge in [-0.15, -0.1) is 0 Å². The Morgan fingerprint density at radius 3 is 2.69 bits per heavy atom. The second-order valence-corrected chi connectivity index (χ2v) is 3.24. The minimum atomic E-state index is -0.661. The van der Waals surface area contributed by atoms with Gasteiger partial charge in [0.2, 0.25) is 0 Å². The van der Waals surface area contributed by atoms with Crippen molar-refractivity contribution >= 4 is 11.6 Å². The van der Waals surface area contributed by atoms with Crippen molar-refractivity contribution in [2.24, 2.45) is 5.73 Å². The molecule has 0 saturated carbocycles. The molecule has 0 bridgehead atoms. The summed E-state index contributed by atoms with van der Waals surface area (Å²) >= 11 is 5.82. The molecule has 0 aliphatic rings. The zero-order valence-corrected chi connectivity index (χ0v) is 7.83. The maximum absolute atomic E-state index is 9.40. The van der Waals surface area contributed by atoms with Gasteiger partial charge in [0.15, 0.2) is 0 Å². The molecular weight excluding hydrogens is 190 g/mol.